The summed E-state index contributed by atoms with van der Waals surface area (Å²) >= 11 is 6.01. The molecule has 1 aromatic rings. The molecule has 0 radical (unpaired) electrons. The Labute approximate surface area is 122 Å². The molecule has 6 heteroatoms. The molecule has 2 rings (SSSR count). The third-order valence-corrected chi connectivity index (χ3v) is 3.74. The van der Waals surface area contributed by atoms with Crippen LogP contribution in [0.1, 0.15) is 17.3 Å². The molecule has 1 heterocycles. The highest BCUT2D eigenvalue weighted by Gasteiger charge is 2.27. The first-order valence-corrected chi connectivity index (χ1v) is 6.79. The monoisotopic (exact) mass is 296 g/mol. The maximum absolute atomic E-state index is 12.2. The molecule has 20 heavy (non-hydrogen) atoms. The van der Waals surface area contributed by atoms with Crippen molar-refractivity contribution >= 4 is 23.3 Å². The van der Waals surface area contributed by atoms with Gasteiger partial charge in [-0.1, -0.05) is 11.6 Å². The number of hydrogen-bond acceptors (Lipinski definition) is 4. The van der Waals surface area contributed by atoms with Gasteiger partial charge in [-0.3, -0.25) is 14.5 Å². The van der Waals surface area contributed by atoms with Gasteiger partial charge in [-0.2, -0.15) is 0 Å². The molecule has 1 aromatic carbocycles. The fourth-order valence-corrected chi connectivity index (χ4v) is 2.42. The van der Waals surface area contributed by atoms with Crippen LogP contribution >= 0.6 is 11.6 Å². The molecule has 0 bridgehead atoms. The number of ketones is 1. The number of benzene rings is 1. The number of ether oxygens (including phenoxy) is 1. The zero-order chi connectivity index (χ0) is 14.7. The van der Waals surface area contributed by atoms with Crippen LogP contribution in [0, 0.1) is 0 Å². The lowest BCUT2D eigenvalue weighted by molar-refractivity contribution is -0.127. The van der Waals surface area contributed by atoms with E-state index in [-0.39, 0.29) is 24.3 Å². The van der Waals surface area contributed by atoms with E-state index in [9.17, 15) is 9.59 Å². The first-order chi connectivity index (χ1) is 9.52. The number of nitrogens with zero attached hydrogens (tertiary/aromatic N) is 1. The second-order valence-corrected chi connectivity index (χ2v) is 5.12. The number of halogens is 1. The van der Waals surface area contributed by atoms with Gasteiger partial charge in [-0.05, 0) is 25.1 Å². The van der Waals surface area contributed by atoms with E-state index in [4.69, 9.17) is 16.3 Å². The van der Waals surface area contributed by atoms with E-state index in [0.717, 1.165) is 0 Å². The van der Waals surface area contributed by atoms with Crippen LogP contribution in [0.15, 0.2) is 18.2 Å². The minimum absolute atomic E-state index is 0.0446. The van der Waals surface area contributed by atoms with E-state index < -0.39 is 0 Å². The number of hydrogen-bond donors (Lipinski definition) is 1. The summed E-state index contributed by atoms with van der Waals surface area (Å²) in [6.07, 6.45) is 0. The van der Waals surface area contributed by atoms with Crippen molar-refractivity contribution in [3.05, 3.63) is 28.8 Å². The number of carbonyl (C=O) groups excluding carboxylic acids is 2. The summed E-state index contributed by atoms with van der Waals surface area (Å²) in [6, 6.07) is 4.66. The van der Waals surface area contributed by atoms with Gasteiger partial charge in [0.25, 0.3) is 0 Å². The predicted octanol–water partition coefficient (Wildman–Crippen LogP) is 1.35. The first kappa shape index (κ1) is 14.8. The predicted molar refractivity (Wildman–Crippen MR) is 76.4 cm³/mol. The van der Waals surface area contributed by atoms with Crippen molar-refractivity contribution < 1.29 is 14.3 Å². The van der Waals surface area contributed by atoms with Crippen molar-refractivity contribution in [2.75, 3.05) is 26.7 Å². The molecule has 1 saturated heterocycles. The molecule has 108 valence electrons. The van der Waals surface area contributed by atoms with Crippen LogP contribution < -0.4 is 10.1 Å². The number of methoxy groups -OCH3 is 1. The van der Waals surface area contributed by atoms with Crippen molar-refractivity contribution in [3.8, 4) is 5.75 Å². The molecule has 1 aliphatic heterocycles. The average Bonchev–Trinajstić information content (AvgIpc) is 2.43. The van der Waals surface area contributed by atoms with Crippen molar-refractivity contribution in [1.29, 1.82) is 0 Å². The maximum atomic E-state index is 12.2. The van der Waals surface area contributed by atoms with E-state index in [1.54, 1.807) is 25.1 Å². The molecular weight excluding hydrogens is 280 g/mol. The molecule has 0 saturated carbocycles. The number of rotatable bonds is 4. The molecule has 1 amide bonds. The second kappa shape index (κ2) is 6.24. The Hall–Kier alpha value is -1.59. The summed E-state index contributed by atoms with van der Waals surface area (Å²) in [6.45, 7) is 3.24. The number of carbonyl (C=O) groups is 2. The van der Waals surface area contributed by atoms with Crippen molar-refractivity contribution in [1.82, 2.24) is 10.2 Å². The van der Waals surface area contributed by atoms with Gasteiger partial charge in [-0.25, -0.2) is 0 Å². The topological polar surface area (TPSA) is 58.6 Å². The Morgan fingerprint density at radius 3 is 2.95 bits per heavy atom. The van der Waals surface area contributed by atoms with E-state index in [1.807, 2.05) is 4.90 Å². The molecule has 1 N–H and O–H groups in total. The first-order valence-electron chi connectivity index (χ1n) is 6.41. The molecular formula is C14H17ClN2O3. The van der Waals surface area contributed by atoms with Crippen LogP contribution in [-0.2, 0) is 4.79 Å². The van der Waals surface area contributed by atoms with Gasteiger partial charge < -0.3 is 10.1 Å². The Kier molecular flexibility index (Phi) is 4.62. The quantitative estimate of drug-likeness (QED) is 0.852. The van der Waals surface area contributed by atoms with E-state index in [2.05, 4.69) is 5.32 Å². The molecule has 0 aliphatic carbocycles. The number of nitrogens with one attached hydrogen (secondary N) is 1. The van der Waals surface area contributed by atoms with Gasteiger partial charge in [0.2, 0.25) is 5.91 Å². The summed E-state index contributed by atoms with van der Waals surface area (Å²) in [5.41, 5.74) is 0.522. The standard InChI is InChI=1S/C14H17ClN2O3/c1-9-14(19)16-5-6-17(9)8-12(18)10-3-4-13(20-2)11(15)7-10/h3-4,7,9H,5-6,8H2,1-2H3,(H,16,19). The van der Waals surface area contributed by atoms with Gasteiger partial charge in [0.15, 0.2) is 5.78 Å². The van der Waals surface area contributed by atoms with Gasteiger partial charge >= 0.3 is 0 Å². The van der Waals surface area contributed by atoms with Gasteiger partial charge in [0.05, 0.1) is 24.7 Å². The number of Topliss-reactive ketones (excluding diaryl/α,β-unsaturated/α-hetero) is 1. The van der Waals surface area contributed by atoms with Crippen LogP contribution in [0.2, 0.25) is 5.02 Å². The molecule has 1 aliphatic rings. The van der Waals surface area contributed by atoms with Crippen LogP contribution in [0.4, 0.5) is 0 Å². The van der Waals surface area contributed by atoms with Gasteiger partial charge in [-0.15, -0.1) is 0 Å². The lowest BCUT2D eigenvalue weighted by atomic mass is 10.1. The number of piperazine rings is 1. The number of amides is 1. The Morgan fingerprint density at radius 1 is 1.55 bits per heavy atom. The van der Waals surface area contributed by atoms with Crippen LogP contribution in [-0.4, -0.2) is 49.4 Å². The van der Waals surface area contributed by atoms with E-state index in [0.29, 0.717) is 29.4 Å². The average molecular weight is 297 g/mol. The van der Waals surface area contributed by atoms with Crippen LogP contribution in [0.3, 0.4) is 0 Å². The fourth-order valence-electron chi connectivity index (χ4n) is 2.16. The Bertz CT molecular complexity index is 533. The zero-order valence-corrected chi connectivity index (χ0v) is 12.2. The van der Waals surface area contributed by atoms with Gasteiger partial charge in [0.1, 0.15) is 5.75 Å². The molecule has 0 aromatic heterocycles. The molecule has 1 unspecified atom stereocenters. The SMILES string of the molecule is COc1ccc(C(=O)CN2CCNC(=O)C2C)cc1Cl. The third-order valence-electron chi connectivity index (χ3n) is 3.45. The smallest absolute Gasteiger partial charge is 0.237 e. The van der Waals surface area contributed by atoms with Crippen molar-refractivity contribution in [2.24, 2.45) is 0 Å². The highest BCUT2D eigenvalue weighted by atomic mass is 35.5. The molecule has 1 atom stereocenters. The van der Waals surface area contributed by atoms with E-state index in [1.165, 1.54) is 7.11 Å². The lowest BCUT2D eigenvalue weighted by Gasteiger charge is -2.32. The Balaban J connectivity index is 2.08. The summed E-state index contributed by atoms with van der Waals surface area (Å²) in [7, 11) is 1.52. The van der Waals surface area contributed by atoms with Crippen LogP contribution in [0.25, 0.3) is 0 Å². The van der Waals surface area contributed by atoms with E-state index >= 15 is 0 Å². The summed E-state index contributed by atoms with van der Waals surface area (Å²) in [5, 5.41) is 3.17. The van der Waals surface area contributed by atoms with Crippen molar-refractivity contribution in [2.45, 2.75) is 13.0 Å². The molecule has 1 fully saturated rings. The Morgan fingerprint density at radius 2 is 2.30 bits per heavy atom. The minimum atomic E-state index is -0.290. The summed E-state index contributed by atoms with van der Waals surface area (Å²) in [5.74, 6) is 0.432. The largest absolute Gasteiger partial charge is 0.495 e. The highest BCUT2D eigenvalue weighted by molar-refractivity contribution is 6.32. The summed E-state index contributed by atoms with van der Waals surface area (Å²) < 4.78 is 5.05. The third kappa shape index (κ3) is 3.11. The molecule has 5 nitrogen and oxygen atoms in total. The lowest BCUT2D eigenvalue weighted by Crippen LogP contribution is -2.55. The minimum Gasteiger partial charge on any atom is -0.495 e. The normalized spacial score (nSPS) is 19.6. The highest BCUT2D eigenvalue weighted by Crippen LogP contribution is 2.25. The van der Waals surface area contributed by atoms with Crippen molar-refractivity contribution in [3.63, 3.8) is 0 Å². The fraction of sp³-hybridized carbons (Fsp3) is 0.429. The van der Waals surface area contributed by atoms with Crippen LogP contribution in [0.5, 0.6) is 5.75 Å². The second-order valence-electron chi connectivity index (χ2n) is 4.71. The van der Waals surface area contributed by atoms with Gasteiger partial charge in [0, 0.05) is 18.7 Å². The molecule has 0 spiro atoms. The summed E-state index contributed by atoms with van der Waals surface area (Å²) in [4.78, 5) is 25.7. The maximum Gasteiger partial charge on any atom is 0.237 e. The zero-order valence-electron chi connectivity index (χ0n) is 11.5.